The van der Waals surface area contributed by atoms with Crippen LogP contribution in [0.5, 0.6) is 0 Å². The van der Waals surface area contributed by atoms with E-state index in [1.54, 1.807) is 6.92 Å². The fourth-order valence-corrected chi connectivity index (χ4v) is 1.34. The number of rotatable bonds is 10. The Kier molecular flexibility index (Phi) is 9.77. The number of hydrogen-bond donors (Lipinski definition) is 0. The third-order valence-electron chi connectivity index (χ3n) is 2.67. The molecule has 3 unspecified atom stereocenters. The quantitative estimate of drug-likeness (QED) is 0.330. The number of carbonyl (C=O) groups is 4. The number of ether oxygens (including phenoxy) is 4. The molecule has 0 N–H and O–H groups in total. The van der Waals surface area contributed by atoms with Crippen molar-refractivity contribution in [2.24, 2.45) is 0 Å². The molecule has 0 amide bonds. The molecule has 8 nitrogen and oxygen atoms in total. The lowest BCUT2D eigenvalue weighted by Crippen LogP contribution is -2.30. The molecule has 0 fully saturated rings. The number of hydrogen-bond acceptors (Lipinski definition) is 8. The lowest BCUT2D eigenvalue weighted by atomic mass is 10.3. The molecule has 24 heavy (non-hydrogen) atoms. The van der Waals surface area contributed by atoms with Crippen LogP contribution in [0, 0.1) is 0 Å². The summed E-state index contributed by atoms with van der Waals surface area (Å²) in [5.74, 6) is -2.91. The second kappa shape index (κ2) is 11.0. The fourth-order valence-electron chi connectivity index (χ4n) is 1.34. The first kappa shape index (κ1) is 21.4. The van der Waals surface area contributed by atoms with E-state index in [4.69, 9.17) is 14.2 Å². The molecule has 0 bridgehead atoms. The summed E-state index contributed by atoms with van der Waals surface area (Å²) in [6.45, 7) is 10.7. The van der Waals surface area contributed by atoms with E-state index in [2.05, 4.69) is 17.9 Å². The van der Waals surface area contributed by atoms with Crippen LogP contribution in [-0.4, -0.2) is 48.8 Å². The van der Waals surface area contributed by atoms with Crippen molar-refractivity contribution < 1.29 is 38.1 Å². The summed E-state index contributed by atoms with van der Waals surface area (Å²) >= 11 is 0. The van der Waals surface area contributed by atoms with Crippen molar-refractivity contribution in [1.82, 2.24) is 0 Å². The molecule has 0 rings (SSSR count). The Morgan fingerprint density at radius 2 is 1.29 bits per heavy atom. The summed E-state index contributed by atoms with van der Waals surface area (Å²) in [6, 6.07) is 0. The van der Waals surface area contributed by atoms with Crippen molar-refractivity contribution in [3.8, 4) is 0 Å². The van der Waals surface area contributed by atoms with Crippen molar-refractivity contribution in [1.29, 1.82) is 0 Å². The van der Waals surface area contributed by atoms with Crippen LogP contribution in [0.15, 0.2) is 25.3 Å². The molecule has 0 aliphatic carbocycles. The van der Waals surface area contributed by atoms with E-state index < -0.39 is 42.2 Å². The van der Waals surface area contributed by atoms with Gasteiger partial charge in [-0.25, -0.2) is 19.2 Å². The lowest BCUT2D eigenvalue weighted by molar-refractivity contribution is -0.169. The molecule has 8 heteroatoms. The van der Waals surface area contributed by atoms with Gasteiger partial charge in [0.2, 0.25) is 0 Å². The molecule has 0 heterocycles. The van der Waals surface area contributed by atoms with Gasteiger partial charge in [0, 0.05) is 18.6 Å². The van der Waals surface area contributed by atoms with Crippen LogP contribution in [0.1, 0.15) is 27.2 Å². The average Bonchev–Trinajstić information content (AvgIpc) is 2.53. The average molecular weight is 342 g/mol. The van der Waals surface area contributed by atoms with Gasteiger partial charge in [0.1, 0.15) is 6.10 Å². The van der Waals surface area contributed by atoms with Crippen molar-refractivity contribution in [2.75, 3.05) is 6.61 Å². The fraction of sp³-hybridized carbons (Fsp3) is 0.500. The zero-order chi connectivity index (χ0) is 18.7. The minimum Gasteiger partial charge on any atom is -0.463 e. The van der Waals surface area contributed by atoms with Crippen LogP contribution < -0.4 is 0 Å². The van der Waals surface area contributed by atoms with Crippen molar-refractivity contribution in [2.45, 2.75) is 45.5 Å². The summed E-state index contributed by atoms with van der Waals surface area (Å²) in [7, 11) is 0. The summed E-state index contributed by atoms with van der Waals surface area (Å²) in [5, 5.41) is 0. The van der Waals surface area contributed by atoms with E-state index in [1.165, 1.54) is 13.8 Å². The van der Waals surface area contributed by atoms with E-state index >= 15 is 0 Å². The standard InChI is InChI=1S/C16H22O8/c1-6-13(17)23-11(4)15(19)21-9-8-10(3)22-16(20)12(5)24-14(18)7-2/h6-7,10-12H,1-2,8-9H2,3-5H3. The Morgan fingerprint density at radius 1 is 0.833 bits per heavy atom. The van der Waals surface area contributed by atoms with Gasteiger partial charge in [0.15, 0.2) is 12.2 Å². The molecule has 0 saturated heterocycles. The first-order valence-electron chi connectivity index (χ1n) is 7.24. The van der Waals surface area contributed by atoms with Crippen LogP contribution in [0.2, 0.25) is 0 Å². The monoisotopic (exact) mass is 342 g/mol. The third kappa shape index (κ3) is 8.72. The van der Waals surface area contributed by atoms with Crippen molar-refractivity contribution >= 4 is 23.9 Å². The van der Waals surface area contributed by atoms with Crippen LogP contribution in [0.25, 0.3) is 0 Å². The summed E-state index contributed by atoms with van der Waals surface area (Å²) in [4.78, 5) is 45.1. The third-order valence-corrected chi connectivity index (χ3v) is 2.67. The maximum atomic E-state index is 11.7. The Bertz CT molecular complexity index is 496. The molecule has 134 valence electrons. The van der Waals surface area contributed by atoms with E-state index in [1.807, 2.05) is 0 Å². The van der Waals surface area contributed by atoms with Gasteiger partial charge in [-0.15, -0.1) is 0 Å². The highest BCUT2D eigenvalue weighted by atomic mass is 16.6. The molecule has 0 spiro atoms. The SMILES string of the molecule is C=CC(=O)OC(C)C(=O)OCCC(C)OC(=O)C(C)OC(=O)C=C. The molecule has 0 aromatic rings. The Hall–Kier alpha value is -2.64. The summed E-state index contributed by atoms with van der Waals surface area (Å²) < 4.78 is 19.3. The normalized spacial score (nSPS) is 13.6. The minimum absolute atomic E-state index is 0.0376. The van der Waals surface area contributed by atoms with Gasteiger partial charge < -0.3 is 18.9 Å². The molecule has 0 aliphatic heterocycles. The highest BCUT2D eigenvalue weighted by Crippen LogP contribution is 2.05. The van der Waals surface area contributed by atoms with Gasteiger partial charge in [-0.05, 0) is 20.8 Å². The lowest BCUT2D eigenvalue weighted by Gasteiger charge is -2.17. The summed E-state index contributed by atoms with van der Waals surface area (Å²) in [6.07, 6.45) is -0.604. The van der Waals surface area contributed by atoms with Crippen LogP contribution in [0.3, 0.4) is 0 Å². The molecule has 0 radical (unpaired) electrons. The molecule has 0 aliphatic rings. The Morgan fingerprint density at radius 3 is 1.75 bits per heavy atom. The minimum atomic E-state index is -1.07. The van der Waals surface area contributed by atoms with Crippen molar-refractivity contribution in [3.05, 3.63) is 25.3 Å². The van der Waals surface area contributed by atoms with E-state index in [-0.39, 0.29) is 13.0 Å². The van der Waals surface area contributed by atoms with E-state index in [0.29, 0.717) is 0 Å². The zero-order valence-corrected chi connectivity index (χ0v) is 14.0. The molecule has 3 atom stereocenters. The maximum Gasteiger partial charge on any atom is 0.347 e. The number of carbonyl (C=O) groups excluding carboxylic acids is 4. The predicted octanol–water partition coefficient (Wildman–Crippen LogP) is 1.09. The van der Waals surface area contributed by atoms with Gasteiger partial charge >= 0.3 is 23.9 Å². The summed E-state index contributed by atoms with van der Waals surface area (Å²) in [5.41, 5.74) is 0. The Labute approximate surface area is 140 Å². The molecule has 0 saturated carbocycles. The van der Waals surface area contributed by atoms with E-state index in [9.17, 15) is 19.2 Å². The first-order valence-corrected chi connectivity index (χ1v) is 7.24. The molecule has 0 aromatic carbocycles. The largest absolute Gasteiger partial charge is 0.463 e. The Balaban J connectivity index is 4.10. The van der Waals surface area contributed by atoms with Gasteiger partial charge in [0.05, 0.1) is 6.61 Å². The zero-order valence-electron chi connectivity index (χ0n) is 14.0. The van der Waals surface area contributed by atoms with Gasteiger partial charge in [-0.2, -0.15) is 0 Å². The molecule has 0 aromatic heterocycles. The van der Waals surface area contributed by atoms with Crippen LogP contribution in [0.4, 0.5) is 0 Å². The highest BCUT2D eigenvalue weighted by Gasteiger charge is 2.21. The number of esters is 4. The topological polar surface area (TPSA) is 105 Å². The predicted molar refractivity (Wildman–Crippen MR) is 82.6 cm³/mol. The van der Waals surface area contributed by atoms with Gasteiger partial charge in [-0.3, -0.25) is 0 Å². The second-order valence-electron chi connectivity index (χ2n) is 4.77. The smallest absolute Gasteiger partial charge is 0.347 e. The van der Waals surface area contributed by atoms with Crippen LogP contribution >= 0.6 is 0 Å². The molecular formula is C16H22O8. The highest BCUT2D eigenvalue weighted by molar-refractivity contribution is 5.85. The van der Waals surface area contributed by atoms with Gasteiger partial charge in [-0.1, -0.05) is 13.2 Å². The van der Waals surface area contributed by atoms with Gasteiger partial charge in [0.25, 0.3) is 0 Å². The molecular weight excluding hydrogens is 320 g/mol. The maximum absolute atomic E-state index is 11.7. The van der Waals surface area contributed by atoms with E-state index in [0.717, 1.165) is 12.2 Å². The van der Waals surface area contributed by atoms with Crippen LogP contribution in [-0.2, 0) is 38.1 Å². The second-order valence-corrected chi connectivity index (χ2v) is 4.77. The first-order chi connectivity index (χ1) is 11.2. The van der Waals surface area contributed by atoms with Crippen molar-refractivity contribution in [3.63, 3.8) is 0 Å².